The number of carbonyl (C=O) groups is 1. The maximum atomic E-state index is 12.7. The second kappa shape index (κ2) is 8.00. The van der Waals surface area contributed by atoms with E-state index in [9.17, 15) is 13.2 Å². The zero-order valence-corrected chi connectivity index (χ0v) is 17.1. The van der Waals surface area contributed by atoms with Crippen molar-refractivity contribution < 1.29 is 13.2 Å². The molecule has 0 unspecified atom stereocenters. The predicted molar refractivity (Wildman–Crippen MR) is 108 cm³/mol. The van der Waals surface area contributed by atoms with Crippen LogP contribution in [0.25, 0.3) is 0 Å². The van der Waals surface area contributed by atoms with Crippen LogP contribution in [0.15, 0.2) is 47.4 Å². The highest BCUT2D eigenvalue weighted by Gasteiger charge is 2.28. The standard InChI is InChI=1S/C20H23ClN2O3S/c1-3-22(4-2)27(25,26)18-9-10-19-16(14-18)11-12-23(19)20(24)13-15-5-7-17(21)8-6-15/h5-10,14H,3-4,11-13H2,1-2H3. The Labute approximate surface area is 165 Å². The summed E-state index contributed by atoms with van der Waals surface area (Å²) in [7, 11) is -3.50. The monoisotopic (exact) mass is 406 g/mol. The lowest BCUT2D eigenvalue weighted by molar-refractivity contribution is -0.117. The first-order chi connectivity index (χ1) is 12.9. The summed E-state index contributed by atoms with van der Waals surface area (Å²) in [5.74, 6) is -0.00424. The summed E-state index contributed by atoms with van der Waals surface area (Å²) >= 11 is 5.89. The molecule has 0 atom stereocenters. The van der Waals surface area contributed by atoms with E-state index >= 15 is 0 Å². The third-order valence-corrected chi connectivity index (χ3v) is 7.16. The van der Waals surface area contributed by atoms with Crippen LogP contribution in [0, 0.1) is 0 Å². The summed E-state index contributed by atoms with van der Waals surface area (Å²) in [5, 5.41) is 0.639. The SMILES string of the molecule is CCN(CC)S(=O)(=O)c1ccc2c(c1)CCN2C(=O)Cc1ccc(Cl)cc1. The van der Waals surface area contributed by atoms with Crippen LogP contribution in [-0.2, 0) is 27.7 Å². The lowest BCUT2D eigenvalue weighted by atomic mass is 10.1. The summed E-state index contributed by atoms with van der Waals surface area (Å²) in [5.41, 5.74) is 2.60. The lowest BCUT2D eigenvalue weighted by Crippen LogP contribution is -2.31. The maximum absolute atomic E-state index is 12.7. The van der Waals surface area contributed by atoms with Gasteiger partial charge >= 0.3 is 0 Å². The van der Waals surface area contributed by atoms with Crippen molar-refractivity contribution in [3.05, 3.63) is 58.6 Å². The molecule has 7 heteroatoms. The van der Waals surface area contributed by atoms with Crippen molar-refractivity contribution in [1.29, 1.82) is 0 Å². The van der Waals surface area contributed by atoms with E-state index in [1.54, 1.807) is 35.2 Å². The molecule has 144 valence electrons. The Hall–Kier alpha value is -1.89. The first-order valence-electron chi connectivity index (χ1n) is 9.04. The Bertz CT molecular complexity index is 938. The van der Waals surface area contributed by atoms with E-state index in [-0.39, 0.29) is 17.2 Å². The molecule has 2 aromatic carbocycles. The van der Waals surface area contributed by atoms with Gasteiger partial charge in [0.2, 0.25) is 15.9 Å². The van der Waals surface area contributed by atoms with Gasteiger partial charge in [-0.1, -0.05) is 37.6 Å². The first-order valence-corrected chi connectivity index (χ1v) is 10.9. The molecule has 0 aliphatic carbocycles. The number of amides is 1. The fourth-order valence-electron chi connectivity index (χ4n) is 3.38. The molecule has 0 aromatic heterocycles. The van der Waals surface area contributed by atoms with Crippen molar-refractivity contribution in [3.8, 4) is 0 Å². The fourth-order valence-corrected chi connectivity index (χ4v) is 5.02. The molecule has 1 amide bonds. The molecule has 0 saturated heterocycles. The molecular formula is C20H23ClN2O3S. The minimum atomic E-state index is -3.50. The molecule has 0 spiro atoms. The van der Waals surface area contributed by atoms with Crippen molar-refractivity contribution in [2.75, 3.05) is 24.5 Å². The zero-order valence-electron chi connectivity index (χ0n) is 15.5. The summed E-state index contributed by atoms with van der Waals surface area (Å²) in [6.45, 7) is 5.08. The lowest BCUT2D eigenvalue weighted by Gasteiger charge is -2.20. The first kappa shape index (κ1) is 19.9. The van der Waals surface area contributed by atoms with Gasteiger partial charge < -0.3 is 4.90 Å². The molecule has 2 aromatic rings. The summed E-state index contributed by atoms with van der Waals surface area (Å²) in [6, 6.07) is 12.3. The van der Waals surface area contributed by atoms with Crippen molar-refractivity contribution in [2.24, 2.45) is 0 Å². The van der Waals surface area contributed by atoms with Gasteiger partial charge in [-0.3, -0.25) is 4.79 Å². The molecule has 0 bridgehead atoms. The van der Waals surface area contributed by atoms with E-state index < -0.39 is 10.0 Å². The molecular weight excluding hydrogens is 384 g/mol. The minimum absolute atomic E-state index is 0.00424. The molecule has 3 rings (SSSR count). The number of halogens is 1. The molecule has 1 aliphatic rings. The Kier molecular flexibility index (Phi) is 5.89. The summed E-state index contributed by atoms with van der Waals surface area (Å²) < 4.78 is 26.9. The summed E-state index contributed by atoms with van der Waals surface area (Å²) in [4.78, 5) is 14.7. The number of carbonyl (C=O) groups excluding carboxylic acids is 1. The number of fused-ring (bicyclic) bond motifs is 1. The number of hydrogen-bond acceptors (Lipinski definition) is 3. The predicted octanol–water partition coefficient (Wildman–Crippen LogP) is 3.50. The Morgan fingerprint density at radius 2 is 1.78 bits per heavy atom. The average molecular weight is 407 g/mol. The van der Waals surface area contributed by atoms with Crippen LogP contribution in [0.3, 0.4) is 0 Å². The third-order valence-electron chi connectivity index (χ3n) is 4.86. The van der Waals surface area contributed by atoms with Crippen molar-refractivity contribution in [3.63, 3.8) is 0 Å². The van der Waals surface area contributed by atoms with E-state index in [1.807, 2.05) is 26.0 Å². The number of sulfonamides is 1. The molecule has 1 aliphatic heterocycles. The number of hydrogen-bond donors (Lipinski definition) is 0. The largest absolute Gasteiger partial charge is 0.312 e. The number of nitrogens with zero attached hydrogens (tertiary/aromatic N) is 2. The molecule has 27 heavy (non-hydrogen) atoms. The van der Waals surface area contributed by atoms with Gasteiger partial charge in [-0.05, 0) is 47.9 Å². The van der Waals surface area contributed by atoms with Crippen molar-refractivity contribution >= 4 is 33.2 Å². The zero-order chi connectivity index (χ0) is 19.6. The van der Waals surface area contributed by atoms with Gasteiger partial charge in [0.15, 0.2) is 0 Å². The van der Waals surface area contributed by atoms with Gasteiger partial charge in [0.1, 0.15) is 0 Å². The molecule has 0 N–H and O–H groups in total. The minimum Gasteiger partial charge on any atom is -0.312 e. The third kappa shape index (κ3) is 4.03. The van der Waals surface area contributed by atoms with Crippen LogP contribution in [-0.4, -0.2) is 38.3 Å². The maximum Gasteiger partial charge on any atom is 0.243 e. The highest BCUT2D eigenvalue weighted by atomic mass is 35.5. The van der Waals surface area contributed by atoms with Crippen LogP contribution < -0.4 is 4.90 Å². The number of benzene rings is 2. The quantitative estimate of drug-likeness (QED) is 0.737. The van der Waals surface area contributed by atoms with E-state index in [1.165, 1.54) is 4.31 Å². The second-order valence-electron chi connectivity index (χ2n) is 6.48. The van der Waals surface area contributed by atoms with E-state index in [4.69, 9.17) is 11.6 Å². The summed E-state index contributed by atoms with van der Waals surface area (Å²) in [6.07, 6.45) is 0.944. The van der Waals surface area contributed by atoms with Crippen LogP contribution >= 0.6 is 11.6 Å². The normalized spacial score (nSPS) is 13.9. The molecule has 0 fully saturated rings. The van der Waals surface area contributed by atoms with E-state index in [0.717, 1.165) is 16.8 Å². The van der Waals surface area contributed by atoms with E-state index in [2.05, 4.69) is 0 Å². The molecule has 0 radical (unpaired) electrons. The van der Waals surface area contributed by atoms with Crippen LogP contribution in [0.1, 0.15) is 25.0 Å². The van der Waals surface area contributed by atoms with E-state index in [0.29, 0.717) is 31.1 Å². The molecule has 0 saturated carbocycles. The highest BCUT2D eigenvalue weighted by Crippen LogP contribution is 2.31. The van der Waals surface area contributed by atoms with Crippen molar-refractivity contribution in [1.82, 2.24) is 4.31 Å². The Morgan fingerprint density at radius 3 is 2.41 bits per heavy atom. The van der Waals surface area contributed by atoms with Gasteiger partial charge in [0.05, 0.1) is 11.3 Å². The van der Waals surface area contributed by atoms with Gasteiger partial charge in [-0.15, -0.1) is 0 Å². The smallest absolute Gasteiger partial charge is 0.243 e. The fraction of sp³-hybridized carbons (Fsp3) is 0.350. The van der Waals surface area contributed by atoms with Crippen LogP contribution in [0.2, 0.25) is 5.02 Å². The molecule has 1 heterocycles. The topological polar surface area (TPSA) is 57.7 Å². The van der Waals surface area contributed by atoms with Gasteiger partial charge in [-0.25, -0.2) is 8.42 Å². The van der Waals surface area contributed by atoms with Crippen molar-refractivity contribution in [2.45, 2.75) is 31.6 Å². The number of rotatable bonds is 6. The van der Waals surface area contributed by atoms with Gasteiger partial charge in [0.25, 0.3) is 0 Å². The highest BCUT2D eigenvalue weighted by molar-refractivity contribution is 7.89. The Balaban J connectivity index is 1.82. The average Bonchev–Trinajstić information content (AvgIpc) is 3.07. The Morgan fingerprint density at radius 1 is 1.11 bits per heavy atom. The number of anilines is 1. The second-order valence-corrected chi connectivity index (χ2v) is 8.85. The van der Waals surface area contributed by atoms with Gasteiger partial charge in [-0.2, -0.15) is 4.31 Å². The van der Waals surface area contributed by atoms with Gasteiger partial charge in [0, 0.05) is 30.3 Å². The van der Waals surface area contributed by atoms with Crippen LogP contribution in [0.4, 0.5) is 5.69 Å². The molecule has 5 nitrogen and oxygen atoms in total. The van der Waals surface area contributed by atoms with Crippen LogP contribution in [0.5, 0.6) is 0 Å².